The van der Waals surface area contributed by atoms with E-state index >= 15 is 0 Å². The second-order valence-electron chi connectivity index (χ2n) is 7.56. The number of aromatic nitrogens is 2. The van der Waals surface area contributed by atoms with Crippen molar-refractivity contribution in [3.63, 3.8) is 0 Å². The standard InChI is InChI=1S/C22H24N4O4S/c1-16(27)23-19-9-5-17(6-10-19)15-21-24-22(25-30-21)18-7-11-20(12-8-18)31(28,29)26-13-3-2-4-14-26/h5-12H,2-4,13-15H2,1H3,(H,23,27). The number of rotatable bonds is 6. The number of carbonyl (C=O) groups is 1. The molecule has 1 N–H and O–H groups in total. The first-order valence-electron chi connectivity index (χ1n) is 10.2. The van der Waals surface area contributed by atoms with Gasteiger partial charge in [0, 0.05) is 31.3 Å². The lowest BCUT2D eigenvalue weighted by atomic mass is 10.1. The van der Waals surface area contributed by atoms with Gasteiger partial charge >= 0.3 is 0 Å². The zero-order valence-corrected chi connectivity index (χ0v) is 18.1. The molecule has 1 amide bonds. The van der Waals surface area contributed by atoms with Crippen LogP contribution in [0.3, 0.4) is 0 Å². The van der Waals surface area contributed by atoms with E-state index in [1.165, 1.54) is 6.92 Å². The Hall–Kier alpha value is -3.04. The molecule has 1 fully saturated rings. The molecular weight excluding hydrogens is 416 g/mol. The Morgan fingerprint density at radius 3 is 2.35 bits per heavy atom. The second kappa shape index (κ2) is 8.99. The van der Waals surface area contributed by atoms with Crippen LogP contribution in [-0.2, 0) is 21.2 Å². The van der Waals surface area contributed by atoms with Crippen molar-refractivity contribution >= 4 is 21.6 Å². The number of carbonyl (C=O) groups excluding carboxylic acids is 1. The molecule has 2 aromatic carbocycles. The summed E-state index contributed by atoms with van der Waals surface area (Å²) in [4.78, 5) is 15.8. The molecule has 1 aliphatic rings. The van der Waals surface area contributed by atoms with Crippen LogP contribution in [0.25, 0.3) is 11.4 Å². The Bertz CT molecular complexity index is 1150. The molecule has 0 bridgehead atoms. The lowest BCUT2D eigenvalue weighted by Crippen LogP contribution is -2.35. The summed E-state index contributed by atoms with van der Waals surface area (Å²) in [5.74, 6) is 0.739. The molecule has 0 atom stereocenters. The largest absolute Gasteiger partial charge is 0.339 e. The zero-order valence-electron chi connectivity index (χ0n) is 17.2. The van der Waals surface area contributed by atoms with E-state index in [1.807, 2.05) is 24.3 Å². The van der Waals surface area contributed by atoms with Gasteiger partial charge < -0.3 is 9.84 Å². The number of hydrogen-bond acceptors (Lipinski definition) is 6. The summed E-state index contributed by atoms with van der Waals surface area (Å²) in [6, 6.07) is 14.0. The Balaban J connectivity index is 1.44. The van der Waals surface area contributed by atoms with Gasteiger partial charge in [-0.25, -0.2) is 8.42 Å². The predicted molar refractivity (Wildman–Crippen MR) is 116 cm³/mol. The molecule has 3 aromatic rings. The summed E-state index contributed by atoms with van der Waals surface area (Å²) in [5, 5.41) is 6.74. The minimum Gasteiger partial charge on any atom is -0.339 e. The number of amides is 1. The Morgan fingerprint density at radius 2 is 1.71 bits per heavy atom. The number of nitrogens with zero attached hydrogens (tertiary/aromatic N) is 3. The number of sulfonamides is 1. The topological polar surface area (TPSA) is 105 Å². The van der Waals surface area contributed by atoms with Crippen molar-refractivity contribution in [3.8, 4) is 11.4 Å². The van der Waals surface area contributed by atoms with Crippen molar-refractivity contribution in [2.24, 2.45) is 0 Å². The van der Waals surface area contributed by atoms with Crippen LogP contribution in [0.2, 0.25) is 0 Å². The first kappa shape index (κ1) is 21.2. The fourth-order valence-electron chi connectivity index (χ4n) is 3.56. The van der Waals surface area contributed by atoms with Gasteiger partial charge in [0.05, 0.1) is 11.3 Å². The molecule has 4 rings (SSSR count). The highest BCUT2D eigenvalue weighted by Gasteiger charge is 2.25. The summed E-state index contributed by atoms with van der Waals surface area (Å²) >= 11 is 0. The first-order chi connectivity index (χ1) is 14.9. The average Bonchev–Trinajstić information content (AvgIpc) is 3.24. The molecule has 31 heavy (non-hydrogen) atoms. The summed E-state index contributed by atoms with van der Waals surface area (Å²) in [6.07, 6.45) is 3.33. The molecule has 0 saturated carbocycles. The highest BCUT2D eigenvalue weighted by Crippen LogP contribution is 2.24. The molecule has 0 radical (unpaired) electrons. The molecule has 2 heterocycles. The van der Waals surface area contributed by atoms with Gasteiger partial charge in [0.2, 0.25) is 27.6 Å². The smallest absolute Gasteiger partial charge is 0.243 e. The van der Waals surface area contributed by atoms with Crippen molar-refractivity contribution in [2.75, 3.05) is 18.4 Å². The number of benzene rings is 2. The molecule has 1 aromatic heterocycles. The highest BCUT2D eigenvalue weighted by molar-refractivity contribution is 7.89. The number of anilines is 1. The molecule has 0 aliphatic carbocycles. The normalized spacial score (nSPS) is 15.0. The summed E-state index contributed by atoms with van der Waals surface area (Å²) in [7, 11) is -3.46. The van der Waals surface area contributed by atoms with Gasteiger partial charge in [-0.15, -0.1) is 0 Å². The fraction of sp³-hybridized carbons (Fsp3) is 0.318. The number of piperidine rings is 1. The summed E-state index contributed by atoms with van der Waals surface area (Å²) in [6.45, 7) is 2.61. The van der Waals surface area contributed by atoms with Crippen LogP contribution >= 0.6 is 0 Å². The van der Waals surface area contributed by atoms with Gasteiger partial charge in [-0.05, 0) is 54.8 Å². The molecule has 0 unspecified atom stereocenters. The van der Waals surface area contributed by atoms with Gasteiger partial charge in [0.25, 0.3) is 0 Å². The first-order valence-corrected chi connectivity index (χ1v) is 11.7. The van der Waals surface area contributed by atoms with Crippen molar-refractivity contribution in [2.45, 2.75) is 37.5 Å². The SMILES string of the molecule is CC(=O)Nc1ccc(Cc2nc(-c3ccc(S(=O)(=O)N4CCCCC4)cc3)no2)cc1. The number of hydrogen-bond donors (Lipinski definition) is 1. The van der Waals surface area contributed by atoms with Crippen molar-refractivity contribution in [3.05, 3.63) is 60.0 Å². The van der Waals surface area contributed by atoms with Gasteiger partial charge in [0.1, 0.15) is 0 Å². The third kappa shape index (κ3) is 5.00. The van der Waals surface area contributed by atoms with Crippen LogP contribution in [0.15, 0.2) is 57.9 Å². The summed E-state index contributed by atoms with van der Waals surface area (Å²) in [5.41, 5.74) is 2.38. The molecule has 9 heteroatoms. The van der Waals surface area contributed by atoms with E-state index < -0.39 is 10.0 Å². The van der Waals surface area contributed by atoms with Crippen molar-refractivity contribution < 1.29 is 17.7 Å². The van der Waals surface area contributed by atoms with Gasteiger partial charge in [-0.1, -0.05) is 23.7 Å². The van der Waals surface area contributed by atoms with Crippen LogP contribution < -0.4 is 5.32 Å². The Morgan fingerprint density at radius 1 is 1.03 bits per heavy atom. The molecule has 8 nitrogen and oxygen atoms in total. The maximum Gasteiger partial charge on any atom is 0.243 e. The van der Waals surface area contributed by atoms with Gasteiger partial charge in [-0.2, -0.15) is 9.29 Å². The highest BCUT2D eigenvalue weighted by atomic mass is 32.2. The lowest BCUT2D eigenvalue weighted by Gasteiger charge is -2.25. The van der Waals surface area contributed by atoms with Crippen LogP contribution in [0.5, 0.6) is 0 Å². The van der Waals surface area contributed by atoms with Crippen LogP contribution in [0.1, 0.15) is 37.6 Å². The van der Waals surface area contributed by atoms with Crippen molar-refractivity contribution in [1.29, 1.82) is 0 Å². The summed E-state index contributed by atoms with van der Waals surface area (Å²) < 4.78 is 32.5. The quantitative estimate of drug-likeness (QED) is 0.629. The van der Waals surface area contributed by atoms with Crippen LogP contribution in [0.4, 0.5) is 5.69 Å². The van der Waals surface area contributed by atoms with Gasteiger partial charge in [0.15, 0.2) is 0 Å². The molecular formula is C22H24N4O4S. The minimum absolute atomic E-state index is 0.121. The van der Waals surface area contributed by atoms with E-state index in [9.17, 15) is 13.2 Å². The molecule has 1 aliphatic heterocycles. The van der Waals surface area contributed by atoms with E-state index in [0.29, 0.717) is 36.8 Å². The second-order valence-corrected chi connectivity index (χ2v) is 9.49. The fourth-order valence-corrected chi connectivity index (χ4v) is 5.08. The molecule has 0 spiro atoms. The van der Waals surface area contributed by atoms with E-state index in [4.69, 9.17) is 4.52 Å². The molecule has 162 valence electrons. The predicted octanol–water partition coefficient (Wildman–Crippen LogP) is 3.46. The van der Waals surface area contributed by atoms with E-state index in [2.05, 4.69) is 15.5 Å². The van der Waals surface area contributed by atoms with Crippen LogP contribution in [0, 0.1) is 0 Å². The third-order valence-electron chi connectivity index (χ3n) is 5.16. The molecule has 1 saturated heterocycles. The van der Waals surface area contributed by atoms with E-state index in [0.717, 1.165) is 30.5 Å². The van der Waals surface area contributed by atoms with Crippen molar-refractivity contribution in [1.82, 2.24) is 14.4 Å². The van der Waals surface area contributed by atoms with E-state index in [-0.39, 0.29) is 10.8 Å². The Labute approximate surface area is 181 Å². The van der Waals surface area contributed by atoms with E-state index in [1.54, 1.807) is 28.6 Å². The lowest BCUT2D eigenvalue weighted by molar-refractivity contribution is -0.114. The zero-order chi connectivity index (χ0) is 21.8. The third-order valence-corrected chi connectivity index (χ3v) is 7.08. The maximum absolute atomic E-state index is 12.8. The Kier molecular flexibility index (Phi) is 6.15. The van der Waals surface area contributed by atoms with Gasteiger partial charge in [-0.3, -0.25) is 4.79 Å². The minimum atomic E-state index is -3.46. The monoisotopic (exact) mass is 440 g/mol. The van der Waals surface area contributed by atoms with Crippen LogP contribution in [-0.4, -0.2) is 41.9 Å². The number of nitrogens with one attached hydrogen (secondary N) is 1. The average molecular weight is 441 g/mol. The maximum atomic E-state index is 12.8.